The molecule has 0 bridgehead atoms. The fourth-order valence-electron chi connectivity index (χ4n) is 2.25. The number of phenols is 1. The van der Waals surface area contributed by atoms with E-state index in [0.29, 0.717) is 17.7 Å². The normalized spacial score (nSPS) is 17.1. The Morgan fingerprint density at radius 3 is 2.95 bits per heavy atom. The van der Waals surface area contributed by atoms with Crippen molar-refractivity contribution in [1.29, 1.82) is 0 Å². The van der Waals surface area contributed by atoms with Gasteiger partial charge in [-0.2, -0.15) is 5.10 Å². The van der Waals surface area contributed by atoms with Crippen molar-refractivity contribution in [2.24, 2.45) is 5.10 Å². The predicted molar refractivity (Wildman–Crippen MR) is 76.0 cm³/mol. The number of rotatable bonds is 3. The minimum Gasteiger partial charge on any atom is -0.507 e. The number of aromatic hydroxyl groups is 1. The smallest absolute Gasteiger partial charge is 0.270 e. The summed E-state index contributed by atoms with van der Waals surface area (Å²) in [5.74, 6) is -0.0204. The van der Waals surface area contributed by atoms with Crippen LogP contribution >= 0.6 is 0 Å². The van der Waals surface area contributed by atoms with E-state index in [1.165, 1.54) is 18.2 Å². The van der Waals surface area contributed by atoms with Gasteiger partial charge < -0.3 is 10.5 Å². The number of hydrogen-bond donors (Lipinski definition) is 2. The topological polar surface area (TPSA) is 101 Å². The first-order valence-corrected chi connectivity index (χ1v) is 6.35. The molecule has 1 aromatic heterocycles. The highest BCUT2D eigenvalue weighted by atomic mass is 16.6. The van der Waals surface area contributed by atoms with Crippen molar-refractivity contribution in [2.45, 2.75) is 12.5 Å². The molecule has 21 heavy (non-hydrogen) atoms. The highest BCUT2D eigenvalue weighted by Gasteiger charge is 2.24. The van der Waals surface area contributed by atoms with E-state index in [1.807, 2.05) is 12.1 Å². The van der Waals surface area contributed by atoms with Gasteiger partial charge in [-0.3, -0.25) is 15.1 Å². The molecule has 0 radical (unpaired) electrons. The number of hydrazone groups is 1. The van der Waals surface area contributed by atoms with Crippen LogP contribution in [0.25, 0.3) is 0 Å². The lowest BCUT2D eigenvalue weighted by molar-refractivity contribution is -0.384. The van der Waals surface area contributed by atoms with E-state index in [9.17, 15) is 15.2 Å². The third kappa shape index (κ3) is 2.53. The quantitative estimate of drug-likeness (QED) is 0.664. The molecule has 0 aliphatic carbocycles. The average molecular weight is 284 g/mol. The number of hydrogen-bond acceptors (Lipinski definition) is 6. The Balaban J connectivity index is 1.86. The van der Waals surface area contributed by atoms with Crippen LogP contribution in [0.1, 0.15) is 23.6 Å². The van der Waals surface area contributed by atoms with E-state index >= 15 is 0 Å². The summed E-state index contributed by atoms with van der Waals surface area (Å²) in [4.78, 5) is 14.4. The molecule has 0 fully saturated rings. The summed E-state index contributed by atoms with van der Waals surface area (Å²) in [6, 6.07) is 7.62. The standard InChI is InChI=1S/C14H12N4O3/c19-14-4-3-10(18(20)21)6-11(14)13-7-12(16-17-13)9-2-1-5-15-8-9/h1-6,8,12,16,19H,7H2/t12-/m0/s1. The monoisotopic (exact) mass is 284 g/mol. The van der Waals surface area contributed by atoms with Gasteiger partial charge in [-0.25, -0.2) is 0 Å². The van der Waals surface area contributed by atoms with Crippen molar-refractivity contribution < 1.29 is 10.0 Å². The Morgan fingerprint density at radius 1 is 1.38 bits per heavy atom. The molecule has 0 saturated carbocycles. The SMILES string of the molecule is O=[N+]([O-])c1ccc(O)c(C2=NN[C@H](c3cccnc3)C2)c1. The first-order valence-electron chi connectivity index (χ1n) is 6.35. The predicted octanol–water partition coefficient (Wildman–Crippen LogP) is 2.13. The van der Waals surface area contributed by atoms with Gasteiger partial charge in [0.25, 0.3) is 5.69 Å². The van der Waals surface area contributed by atoms with Crippen LogP contribution in [-0.2, 0) is 0 Å². The van der Waals surface area contributed by atoms with E-state index in [1.54, 1.807) is 12.4 Å². The molecule has 0 amide bonds. The van der Waals surface area contributed by atoms with Crippen molar-refractivity contribution in [2.75, 3.05) is 0 Å². The van der Waals surface area contributed by atoms with Crippen molar-refractivity contribution in [1.82, 2.24) is 10.4 Å². The molecular weight excluding hydrogens is 272 g/mol. The van der Waals surface area contributed by atoms with Crippen LogP contribution in [0.2, 0.25) is 0 Å². The first kappa shape index (κ1) is 13.0. The van der Waals surface area contributed by atoms with Gasteiger partial charge in [-0.1, -0.05) is 6.07 Å². The van der Waals surface area contributed by atoms with Crippen LogP contribution in [0.3, 0.4) is 0 Å². The molecule has 2 heterocycles. The van der Waals surface area contributed by atoms with Crippen LogP contribution in [0, 0.1) is 10.1 Å². The third-order valence-corrected chi connectivity index (χ3v) is 3.34. The summed E-state index contributed by atoms with van der Waals surface area (Å²) < 4.78 is 0. The Kier molecular flexibility index (Phi) is 3.23. The summed E-state index contributed by atoms with van der Waals surface area (Å²) in [6.45, 7) is 0. The number of nitrogens with zero attached hydrogens (tertiary/aromatic N) is 3. The van der Waals surface area contributed by atoms with E-state index in [-0.39, 0.29) is 17.5 Å². The number of aromatic nitrogens is 1. The maximum atomic E-state index is 10.8. The second-order valence-electron chi connectivity index (χ2n) is 4.69. The minimum atomic E-state index is -0.496. The summed E-state index contributed by atoms with van der Waals surface area (Å²) in [7, 11) is 0. The summed E-state index contributed by atoms with van der Waals surface area (Å²) in [6.07, 6.45) is 3.95. The number of benzene rings is 1. The highest BCUT2D eigenvalue weighted by molar-refractivity contribution is 6.04. The first-order chi connectivity index (χ1) is 10.1. The molecule has 0 spiro atoms. The van der Waals surface area contributed by atoms with Gasteiger partial charge in [0.15, 0.2) is 0 Å². The fraction of sp³-hybridized carbons (Fsp3) is 0.143. The largest absolute Gasteiger partial charge is 0.507 e. The molecular formula is C14H12N4O3. The summed E-state index contributed by atoms with van der Waals surface area (Å²) >= 11 is 0. The maximum Gasteiger partial charge on any atom is 0.270 e. The van der Waals surface area contributed by atoms with Crippen molar-refractivity contribution in [3.8, 4) is 5.75 Å². The second-order valence-corrected chi connectivity index (χ2v) is 4.69. The lowest BCUT2D eigenvalue weighted by Gasteiger charge is -2.09. The highest BCUT2D eigenvalue weighted by Crippen LogP contribution is 2.30. The van der Waals surface area contributed by atoms with E-state index in [4.69, 9.17) is 0 Å². The minimum absolute atomic E-state index is 0.0204. The van der Waals surface area contributed by atoms with E-state index in [2.05, 4.69) is 15.5 Å². The molecule has 3 rings (SSSR count). The lowest BCUT2D eigenvalue weighted by Crippen LogP contribution is -2.10. The fourth-order valence-corrected chi connectivity index (χ4v) is 2.25. The van der Waals surface area contributed by atoms with Crippen molar-refractivity contribution >= 4 is 11.4 Å². The lowest BCUT2D eigenvalue weighted by atomic mass is 9.99. The van der Waals surface area contributed by atoms with Gasteiger partial charge in [0.2, 0.25) is 0 Å². The van der Waals surface area contributed by atoms with Crippen LogP contribution in [-0.4, -0.2) is 20.7 Å². The molecule has 0 unspecified atom stereocenters. The summed E-state index contributed by atoms with van der Waals surface area (Å²) in [5, 5.41) is 24.9. The summed E-state index contributed by atoms with van der Waals surface area (Å²) in [5.41, 5.74) is 4.83. The number of phenolic OH excluding ortho intramolecular Hbond substituents is 1. The van der Waals surface area contributed by atoms with Gasteiger partial charge in [0.05, 0.1) is 16.7 Å². The van der Waals surface area contributed by atoms with Gasteiger partial charge >= 0.3 is 0 Å². The van der Waals surface area contributed by atoms with E-state index < -0.39 is 4.92 Å². The van der Waals surface area contributed by atoms with E-state index in [0.717, 1.165) is 5.56 Å². The molecule has 7 nitrogen and oxygen atoms in total. The molecule has 0 saturated heterocycles. The second kappa shape index (κ2) is 5.20. The Hall–Kier alpha value is -2.96. The molecule has 7 heteroatoms. The molecule has 2 N–H and O–H groups in total. The van der Waals surface area contributed by atoms with Gasteiger partial charge in [-0.05, 0) is 17.7 Å². The number of non-ortho nitro benzene ring substituents is 1. The number of nitro groups is 1. The van der Waals surface area contributed by atoms with Gasteiger partial charge in [0, 0.05) is 36.5 Å². The Bertz CT molecular complexity index is 715. The van der Waals surface area contributed by atoms with Gasteiger partial charge in [-0.15, -0.1) is 0 Å². The third-order valence-electron chi connectivity index (χ3n) is 3.34. The molecule has 2 aromatic rings. The zero-order valence-corrected chi connectivity index (χ0v) is 10.9. The van der Waals surface area contributed by atoms with Gasteiger partial charge in [0.1, 0.15) is 5.75 Å². The van der Waals surface area contributed by atoms with Crippen molar-refractivity contribution in [3.05, 3.63) is 64.0 Å². The Morgan fingerprint density at radius 2 is 2.24 bits per heavy atom. The van der Waals surface area contributed by atoms with Crippen LogP contribution in [0.5, 0.6) is 5.75 Å². The van der Waals surface area contributed by atoms with Crippen LogP contribution < -0.4 is 5.43 Å². The molecule has 1 aliphatic rings. The molecule has 1 aromatic carbocycles. The molecule has 106 valence electrons. The van der Waals surface area contributed by atoms with Crippen LogP contribution in [0.4, 0.5) is 5.69 Å². The maximum absolute atomic E-state index is 10.8. The van der Waals surface area contributed by atoms with Crippen molar-refractivity contribution in [3.63, 3.8) is 0 Å². The zero-order chi connectivity index (χ0) is 14.8. The number of pyridine rings is 1. The van der Waals surface area contributed by atoms with Crippen LogP contribution in [0.15, 0.2) is 47.8 Å². The number of nitro benzene ring substituents is 1. The molecule has 1 atom stereocenters. The zero-order valence-electron chi connectivity index (χ0n) is 10.9. The molecule has 1 aliphatic heterocycles. The number of nitrogens with one attached hydrogen (secondary N) is 1. The average Bonchev–Trinajstić information content (AvgIpc) is 2.98. The Labute approximate surface area is 120 Å².